The zero-order valence-electron chi connectivity index (χ0n) is 15.8. The minimum atomic E-state index is -1.23. The second-order valence-electron chi connectivity index (χ2n) is 8.19. The Hall–Kier alpha value is -2.10. The van der Waals surface area contributed by atoms with Crippen molar-refractivity contribution < 1.29 is 18.7 Å². The molecule has 2 unspecified atom stereocenters. The summed E-state index contributed by atoms with van der Waals surface area (Å²) in [5.41, 5.74) is -1.32. The van der Waals surface area contributed by atoms with Gasteiger partial charge in [-0.25, -0.2) is 9.18 Å². The van der Waals surface area contributed by atoms with Crippen molar-refractivity contribution in [1.82, 2.24) is 10.2 Å². The van der Waals surface area contributed by atoms with Gasteiger partial charge in [0.2, 0.25) is 5.91 Å². The number of amides is 2. The van der Waals surface area contributed by atoms with E-state index in [1.807, 2.05) is 6.07 Å². The van der Waals surface area contributed by atoms with E-state index in [1.165, 1.54) is 4.90 Å². The summed E-state index contributed by atoms with van der Waals surface area (Å²) in [4.78, 5) is 26.8. The van der Waals surface area contributed by atoms with Gasteiger partial charge in [-0.05, 0) is 33.6 Å². The summed E-state index contributed by atoms with van der Waals surface area (Å²) in [6.07, 6.45) is 3.02. The topological polar surface area (TPSA) is 82.4 Å². The van der Waals surface area contributed by atoms with Gasteiger partial charge in [0.05, 0.1) is 12.6 Å². The van der Waals surface area contributed by atoms with Crippen LogP contribution in [-0.2, 0) is 9.53 Å². The van der Waals surface area contributed by atoms with E-state index in [-0.39, 0.29) is 13.0 Å². The lowest BCUT2D eigenvalue weighted by atomic mass is 9.78. The number of hydrogen-bond acceptors (Lipinski definition) is 4. The van der Waals surface area contributed by atoms with Gasteiger partial charge in [0.25, 0.3) is 0 Å². The fourth-order valence-electron chi connectivity index (χ4n) is 3.84. The molecule has 1 aliphatic carbocycles. The van der Waals surface area contributed by atoms with E-state index in [9.17, 15) is 19.2 Å². The van der Waals surface area contributed by atoms with Crippen molar-refractivity contribution in [3.05, 3.63) is 12.7 Å². The second kappa shape index (κ2) is 7.65. The van der Waals surface area contributed by atoms with Crippen LogP contribution in [-0.4, -0.2) is 47.3 Å². The number of hydrogen-bond donors (Lipinski definition) is 1. The zero-order chi connectivity index (χ0) is 19.5. The molecule has 26 heavy (non-hydrogen) atoms. The van der Waals surface area contributed by atoms with E-state index in [0.717, 1.165) is 12.8 Å². The first-order chi connectivity index (χ1) is 12.1. The summed E-state index contributed by atoms with van der Waals surface area (Å²) < 4.78 is 19.1. The van der Waals surface area contributed by atoms with Crippen molar-refractivity contribution in [1.29, 1.82) is 5.26 Å². The Morgan fingerprint density at radius 1 is 1.42 bits per heavy atom. The average molecular weight is 365 g/mol. The van der Waals surface area contributed by atoms with Crippen LogP contribution in [0.2, 0.25) is 0 Å². The molecule has 0 bridgehead atoms. The van der Waals surface area contributed by atoms with Gasteiger partial charge in [-0.2, -0.15) is 5.26 Å². The monoisotopic (exact) mass is 365 g/mol. The molecule has 1 aliphatic heterocycles. The maximum atomic E-state index is 13.8. The average Bonchev–Trinajstić information content (AvgIpc) is 3.17. The number of rotatable bonds is 4. The number of halogens is 1. The van der Waals surface area contributed by atoms with Crippen molar-refractivity contribution in [2.24, 2.45) is 5.41 Å². The molecule has 3 atom stereocenters. The summed E-state index contributed by atoms with van der Waals surface area (Å²) in [7, 11) is 0. The smallest absolute Gasteiger partial charge is 0.408 e. The van der Waals surface area contributed by atoms with E-state index in [4.69, 9.17) is 4.74 Å². The number of alkyl carbamates (subject to hydrolysis) is 1. The van der Waals surface area contributed by atoms with Gasteiger partial charge in [0.15, 0.2) is 0 Å². The van der Waals surface area contributed by atoms with Gasteiger partial charge >= 0.3 is 6.09 Å². The summed E-state index contributed by atoms with van der Waals surface area (Å²) in [5, 5.41) is 12.0. The van der Waals surface area contributed by atoms with Crippen LogP contribution in [0.3, 0.4) is 0 Å². The number of nitrogens with zero attached hydrogens (tertiary/aromatic N) is 2. The Morgan fingerprint density at radius 2 is 2.04 bits per heavy atom. The molecule has 0 aromatic rings. The Kier molecular flexibility index (Phi) is 5.94. The molecule has 1 heterocycles. The van der Waals surface area contributed by atoms with Crippen molar-refractivity contribution in [2.45, 2.75) is 76.7 Å². The number of carbonyl (C=O) groups is 2. The Balaban J connectivity index is 2.28. The molecule has 2 fully saturated rings. The van der Waals surface area contributed by atoms with Crippen molar-refractivity contribution >= 4 is 12.0 Å². The molecule has 2 rings (SSSR count). The highest BCUT2D eigenvalue weighted by Gasteiger charge is 2.48. The highest BCUT2D eigenvalue weighted by atomic mass is 19.1. The molecule has 0 radical (unpaired) electrons. The van der Waals surface area contributed by atoms with Crippen molar-refractivity contribution in [2.75, 3.05) is 6.54 Å². The maximum absolute atomic E-state index is 13.8. The first kappa shape index (κ1) is 20.2. The molecule has 1 saturated heterocycles. The van der Waals surface area contributed by atoms with E-state index < -0.39 is 41.3 Å². The van der Waals surface area contributed by atoms with Crippen molar-refractivity contribution in [3.63, 3.8) is 0 Å². The normalized spacial score (nSPS) is 26.0. The van der Waals surface area contributed by atoms with Crippen LogP contribution in [0.1, 0.15) is 52.9 Å². The number of likely N-dealkylation sites (tertiary alicyclic amines) is 1. The fraction of sp³-hybridized carbons (Fsp3) is 0.737. The molecule has 7 heteroatoms. The third-order valence-electron chi connectivity index (χ3n) is 5.11. The van der Waals surface area contributed by atoms with E-state index in [2.05, 4.69) is 11.9 Å². The van der Waals surface area contributed by atoms with Crippen LogP contribution >= 0.6 is 0 Å². The minimum absolute atomic E-state index is 0.00247. The summed E-state index contributed by atoms with van der Waals surface area (Å²) in [6.45, 7) is 8.97. The third-order valence-corrected chi connectivity index (χ3v) is 5.11. The van der Waals surface area contributed by atoms with Crippen LogP contribution < -0.4 is 5.32 Å². The number of nitriles is 1. The molecular weight excluding hydrogens is 337 g/mol. The SMILES string of the molecule is C=CC1([C@H](NC(=O)OC(C)(C)C)C(=O)N2CC(F)CC2C#N)CCCC1. The maximum Gasteiger partial charge on any atom is 0.408 e. The Morgan fingerprint density at radius 3 is 2.54 bits per heavy atom. The molecule has 2 amide bonds. The first-order valence-electron chi connectivity index (χ1n) is 9.09. The highest BCUT2D eigenvalue weighted by molar-refractivity contribution is 5.88. The van der Waals surface area contributed by atoms with Crippen LogP contribution in [0.25, 0.3) is 0 Å². The molecule has 144 valence electrons. The first-order valence-corrected chi connectivity index (χ1v) is 9.09. The van der Waals surface area contributed by atoms with Crippen molar-refractivity contribution in [3.8, 4) is 6.07 Å². The van der Waals surface area contributed by atoms with Gasteiger partial charge < -0.3 is 15.0 Å². The summed E-state index contributed by atoms with van der Waals surface area (Å²) in [6, 6.07) is 0.254. The van der Waals surface area contributed by atoms with Crippen LogP contribution in [0.5, 0.6) is 0 Å². The van der Waals surface area contributed by atoms with Gasteiger partial charge in [0, 0.05) is 11.8 Å². The minimum Gasteiger partial charge on any atom is -0.444 e. The van der Waals surface area contributed by atoms with Crippen LogP contribution in [0.4, 0.5) is 9.18 Å². The molecule has 6 nitrogen and oxygen atoms in total. The molecule has 0 aromatic heterocycles. The molecule has 1 N–H and O–H groups in total. The zero-order valence-corrected chi connectivity index (χ0v) is 15.8. The quantitative estimate of drug-likeness (QED) is 0.776. The van der Waals surface area contributed by atoms with Gasteiger partial charge in [-0.15, -0.1) is 6.58 Å². The lowest BCUT2D eigenvalue weighted by Crippen LogP contribution is -2.57. The van der Waals surface area contributed by atoms with Crippen LogP contribution in [0.15, 0.2) is 12.7 Å². The molecule has 1 saturated carbocycles. The number of alkyl halides is 1. The fourth-order valence-corrected chi connectivity index (χ4v) is 3.84. The predicted octanol–water partition coefficient (Wildman–Crippen LogP) is 3.09. The lowest BCUT2D eigenvalue weighted by molar-refractivity contribution is -0.136. The Bertz CT molecular complexity index is 602. The molecule has 2 aliphatic rings. The lowest BCUT2D eigenvalue weighted by Gasteiger charge is -2.37. The van der Waals surface area contributed by atoms with Gasteiger partial charge in [-0.1, -0.05) is 18.9 Å². The van der Waals surface area contributed by atoms with E-state index in [1.54, 1.807) is 26.8 Å². The van der Waals surface area contributed by atoms with Gasteiger partial charge in [-0.3, -0.25) is 4.79 Å². The summed E-state index contributed by atoms with van der Waals surface area (Å²) in [5.74, 6) is -0.440. The third kappa shape index (κ3) is 4.35. The second-order valence-corrected chi connectivity index (χ2v) is 8.19. The largest absolute Gasteiger partial charge is 0.444 e. The number of nitrogens with one attached hydrogen (secondary N) is 1. The van der Waals surface area contributed by atoms with E-state index in [0.29, 0.717) is 12.8 Å². The summed E-state index contributed by atoms with van der Waals surface area (Å²) >= 11 is 0. The molecule has 0 aromatic carbocycles. The predicted molar refractivity (Wildman–Crippen MR) is 94.9 cm³/mol. The van der Waals surface area contributed by atoms with E-state index >= 15 is 0 Å². The molecular formula is C19H28FN3O3. The number of carbonyl (C=O) groups excluding carboxylic acids is 2. The standard InChI is InChI=1S/C19H28FN3O3/c1-5-19(8-6-7-9-19)15(22-17(25)26-18(2,3)4)16(24)23-12-13(20)10-14(23)11-21/h5,13-15H,1,6-10,12H2,2-4H3,(H,22,25)/t13?,14?,15-/m1/s1. The molecule has 0 spiro atoms. The Labute approximate surface area is 154 Å². The highest BCUT2D eigenvalue weighted by Crippen LogP contribution is 2.43. The van der Waals surface area contributed by atoms with Gasteiger partial charge in [0.1, 0.15) is 23.9 Å². The number of ether oxygens (including phenoxy) is 1. The van der Waals surface area contributed by atoms with Crippen LogP contribution in [0, 0.1) is 16.7 Å².